The average molecular weight is 228 g/mol. The number of carbonyl (C=O) groups excluding carboxylic acids is 1. The second kappa shape index (κ2) is 4.24. The van der Waals surface area contributed by atoms with Gasteiger partial charge < -0.3 is 10.2 Å². The van der Waals surface area contributed by atoms with Gasteiger partial charge in [0.05, 0.1) is 0 Å². The Labute approximate surface area is 101 Å². The van der Waals surface area contributed by atoms with Crippen molar-refractivity contribution in [3.63, 3.8) is 0 Å². The Bertz CT molecular complexity index is 473. The van der Waals surface area contributed by atoms with E-state index in [1.807, 2.05) is 30.5 Å². The van der Waals surface area contributed by atoms with E-state index in [9.17, 15) is 4.79 Å². The lowest BCUT2D eigenvalue weighted by molar-refractivity contribution is 0.103. The van der Waals surface area contributed by atoms with Crippen LogP contribution in [-0.2, 0) is 0 Å². The van der Waals surface area contributed by atoms with Gasteiger partial charge in [-0.25, -0.2) is 0 Å². The summed E-state index contributed by atoms with van der Waals surface area (Å²) in [5, 5.41) is 3.20. The summed E-state index contributed by atoms with van der Waals surface area (Å²) in [5.74, 6) is 0.117. The molecule has 3 heteroatoms. The van der Waals surface area contributed by atoms with Gasteiger partial charge in [0.15, 0.2) is 0 Å². The molecule has 0 atom stereocenters. The number of Topliss-reactive ketones (excluding diaryl/α,β-unsaturated/α-hetero) is 1. The van der Waals surface area contributed by atoms with Gasteiger partial charge in [0, 0.05) is 30.5 Å². The standard InChI is InChI=1S/C14H16N2O/c17-14-11-6-2-3-7-12(11)15-13(14)10-16-8-4-1-5-9-16/h2-3,6-7,10,15H,1,4-5,8-9H2. The Kier molecular flexibility index (Phi) is 2.59. The lowest BCUT2D eigenvalue weighted by Gasteiger charge is -2.25. The number of rotatable bonds is 1. The molecule has 0 amide bonds. The average Bonchev–Trinajstić information content (AvgIpc) is 2.68. The summed E-state index contributed by atoms with van der Waals surface area (Å²) in [4.78, 5) is 14.4. The zero-order valence-corrected chi connectivity index (χ0v) is 9.78. The highest BCUT2D eigenvalue weighted by molar-refractivity contribution is 6.18. The topological polar surface area (TPSA) is 32.3 Å². The fraction of sp³-hybridized carbons (Fsp3) is 0.357. The van der Waals surface area contributed by atoms with Crippen molar-refractivity contribution in [1.29, 1.82) is 0 Å². The fourth-order valence-corrected chi connectivity index (χ4v) is 2.46. The Balaban J connectivity index is 1.83. The number of anilines is 1. The molecule has 2 aliphatic heterocycles. The number of fused-ring (bicyclic) bond motifs is 1. The molecule has 0 radical (unpaired) electrons. The van der Waals surface area contributed by atoms with E-state index in [2.05, 4.69) is 10.2 Å². The van der Waals surface area contributed by atoms with Crippen LogP contribution >= 0.6 is 0 Å². The van der Waals surface area contributed by atoms with Crippen molar-refractivity contribution >= 4 is 11.5 Å². The van der Waals surface area contributed by atoms with Crippen LogP contribution < -0.4 is 5.32 Å². The maximum Gasteiger partial charge on any atom is 0.212 e. The first kappa shape index (κ1) is 10.4. The largest absolute Gasteiger partial charge is 0.376 e. The first-order valence-electron chi connectivity index (χ1n) is 6.21. The van der Waals surface area contributed by atoms with Crippen LogP contribution in [0.1, 0.15) is 29.6 Å². The normalized spacial score (nSPS) is 21.5. The molecule has 1 aromatic carbocycles. The third-order valence-electron chi connectivity index (χ3n) is 3.39. The number of nitrogens with zero attached hydrogens (tertiary/aromatic N) is 1. The summed E-state index contributed by atoms with van der Waals surface area (Å²) < 4.78 is 0. The number of para-hydroxylation sites is 1. The summed E-state index contributed by atoms with van der Waals surface area (Å²) in [5.41, 5.74) is 2.43. The fourth-order valence-electron chi connectivity index (χ4n) is 2.46. The minimum atomic E-state index is 0.117. The summed E-state index contributed by atoms with van der Waals surface area (Å²) in [6.07, 6.45) is 5.75. The number of likely N-dealkylation sites (tertiary alicyclic amines) is 1. The molecule has 3 nitrogen and oxygen atoms in total. The summed E-state index contributed by atoms with van der Waals surface area (Å²) in [6.45, 7) is 2.13. The predicted octanol–water partition coefficient (Wildman–Crippen LogP) is 2.62. The van der Waals surface area contributed by atoms with E-state index in [1.54, 1.807) is 0 Å². The molecule has 0 spiro atoms. The van der Waals surface area contributed by atoms with Crippen molar-refractivity contribution in [2.24, 2.45) is 0 Å². The van der Waals surface area contributed by atoms with Crippen molar-refractivity contribution in [2.45, 2.75) is 19.3 Å². The van der Waals surface area contributed by atoms with Crippen molar-refractivity contribution < 1.29 is 4.79 Å². The predicted molar refractivity (Wildman–Crippen MR) is 67.9 cm³/mol. The van der Waals surface area contributed by atoms with Crippen LogP contribution in [0.4, 0.5) is 5.69 Å². The molecule has 1 fully saturated rings. The molecular weight excluding hydrogens is 212 g/mol. The lowest BCUT2D eigenvalue weighted by atomic mass is 10.1. The molecule has 1 N–H and O–H groups in total. The highest BCUT2D eigenvalue weighted by atomic mass is 16.1. The van der Waals surface area contributed by atoms with Gasteiger partial charge in [-0.05, 0) is 31.4 Å². The Hall–Kier alpha value is -1.77. The molecule has 3 rings (SSSR count). The molecule has 0 aliphatic carbocycles. The van der Waals surface area contributed by atoms with Crippen LogP contribution in [0.2, 0.25) is 0 Å². The van der Waals surface area contributed by atoms with E-state index < -0.39 is 0 Å². The van der Waals surface area contributed by atoms with Gasteiger partial charge in [0.2, 0.25) is 5.78 Å². The van der Waals surface area contributed by atoms with E-state index in [4.69, 9.17) is 0 Å². The van der Waals surface area contributed by atoms with Crippen LogP contribution in [0.25, 0.3) is 0 Å². The number of hydrogen-bond donors (Lipinski definition) is 1. The van der Waals surface area contributed by atoms with Gasteiger partial charge in [-0.1, -0.05) is 12.1 Å². The Morgan fingerprint density at radius 2 is 1.88 bits per heavy atom. The smallest absolute Gasteiger partial charge is 0.212 e. The Morgan fingerprint density at radius 3 is 2.65 bits per heavy atom. The summed E-state index contributed by atoms with van der Waals surface area (Å²) in [7, 11) is 0. The van der Waals surface area contributed by atoms with Crippen LogP contribution in [0.3, 0.4) is 0 Å². The highest BCUT2D eigenvalue weighted by Crippen LogP contribution is 2.27. The lowest BCUT2D eigenvalue weighted by Crippen LogP contribution is -2.25. The van der Waals surface area contributed by atoms with Gasteiger partial charge in [-0.15, -0.1) is 0 Å². The van der Waals surface area contributed by atoms with Gasteiger partial charge in [-0.3, -0.25) is 4.79 Å². The number of hydrogen-bond acceptors (Lipinski definition) is 3. The van der Waals surface area contributed by atoms with Crippen molar-refractivity contribution in [2.75, 3.05) is 18.4 Å². The number of benzene rings is 1. The maximum absolute atomic E-state index is 12.1. The van der Waals surface area contributed by atoms with Crippen LogP contribution in [-0.4, -0.2) is 23.8 Å². The molecule has 17 heavy (non-hydrogen) atoms. The Morgan fingerprint density at radius 1 is 1.12 bits per heavy atom. The van der Waals surface area contributed by atoms with Crippen LogP contribution in [0.15, 0.2) is 36.2 Å². The number of nitrogens with one attached hydrogen (secondary N) is 1. The minimum absolute atomic E-state index is 0.117. The van der Waals surface area contributed by atoms with E-state index in [1.165, 1.54) is 19.3 Å². The molecule has 88 valence electrons. The molecule has 0 aromatic heterocycles. The SMILES string of the molecule is O=C1C(=CN2CCCCC2)Nc2ccccc21. The first-order valence-corrected chi connectivity index (χ1v) is 6.21. The zero-order chi connectivity index (χ0) is 11.7. The van der Waals surface area contributed by atoms with Crippen molar-refractivity contribution in [3.05, 3.63) is 41.7 Å². The molecule has 0 saturated carbocycles. The summed E-state index contributed by atoms with van der Waals surface area (Å²) >= 11 is 0. The van der Waals surface area contributed by atoms with Gasteiger partial charge in [0.25, 0.3) is 0 Å². The second-order valence-corrected chi connectivity index (χ2v) is 4.64. The second-order valence-electron chi connectivity index (χ2n) is 4.64. The number of carbonyl (C=O) groups is 1. The van der Waals surface area contributed by atoms with Crippen molar-refractivity contribution in [3.8, 4) is 0 Å². The van der Waals surface area contributed by atoms with Crippen molar-refractivity contribution in [1.82, 2.24) is 4.90 Å². The molecule has 1 saturated heterocycles. The highest BCUT2D eigenvalue weighted by Gasteiger charge is 2.24. The molecular formula is C14H16N2O. The molecule has 2 aliphatic rings. The third-order valence-corrected chi connectivity index (χ3v) is 3.39. The molecule has 1 aromatic rings. The minimum Gasteiger partial charge on any atom is -0.376 e. The number of ketones is 1. The summed E-state index contributed by atoms with van der Waals surface area (Å²) in [6, 6.07) is 7.68. The molecule has 2 heterocycles. The quantitative estimate of drug-likeness (QED) is 0.750. The van der Waals surface area contributed by atoms with Crippen LogP contribution in [0.5, 0.6) is 0 Å². The van der Waals surface area contributed by atoms with Gasteiger partial charge >= 0.3 is 0 Å². The molecule has 0 bridgehead atoms. The van der Waals surface area contributed by atoms with E-state index in [-0.39, 0.29) is 5.78 Å². The third kappa shape index (κ3) is 1.93. The zero-order valence-electron chi connectivity index (χ0n) is 9.78. The van der Waals surface area contributed by atoms with E-state index in [0.717, 1.165) is 24.3 Å². The number of piperidine rings is 1. The maximum atomic E-state index is 12.1. The first-order chi connectivity index (χ1) is 8.34. The monoisotopic (exact) mass is 228 g/mol. The van der Waals surface area contributed by atoms with E-state index >= 15 is 0 Å². The number of allylic oxidation sites excluding steroid dienone is 1. The van der Waals surface area contributed by atoms with E-state index in [0.29, 0.717) is 5.70 Å². The van der Waals surface area contributed by atoms with Crippen LogP contribution in [0, 0.1) is 0 Å². The molecule has 0 unspecified atom stereocenters. The van der Waals surface area contributed by atoms with Gasteiger partial charge in [-0.2, -0.15) is 0 Å². The van der Waals surface area contributed by atoms with Gasteiger partial charge in [0.1, 0.15) is 5.70 Å².